The first kappa shape index (κ1) is 25.1. The molecule has 0 unspecified atom stereocenters. The second-order valence-electron chi connectivity index (χ2n) is 8.45. The number of hydrogen-bond donors (Lipinski definition) is 2. The number of nitrogens with one attached hydrogen (secondary N) is 1. The Morgan fingerprint density at radius 1 is 1.14 bits per heavy atom. The monoisotopic (exact) mass is 496 g/mol. The summed E-state index contributed by atoms with van der Waals surface area (Å²) >= 11 is 0. The Balaban J connectivity index is 1.69. The largest absolute Gasteiger partial charge is 0.497 e. The maximum Gasteiger partial charge on any atom is 0.318 e. The molecule has 3 N–H and O–H groups in total. The molecule has 0 aliphatic carbocycles. The average Bonchev–Trinajstić information content (AvgIpc) is 3.20. The summed E-state index contributed by atoms with van der Waals surface area (Å²) < 4.78 is 10.7. The van der Waals surface area contributed by atoms with Crippen molar-refractivity contribution in [1.29, 1.82) is 5.26 Å². The highest BCUT2D eigenvalue weighted by Crippen LogP contribution is 2.30. The zero-order chi connectivity index (χ0) is 26.5. The molecule has 0 spiro atoms. The van der Waals surface area contributed by atoms with Crippen LogP contribution in [0.15, 0.2) is 48.5 Å². The predicted molar refractivity (Wildman–Crippen MR) is 136 cm³/mol. The Labute approximate surface area is 213 Å². The Morgan fingerprint density at radius 3 is 2.65 bits per heavy atom. The van der Waals surface area contributed by atoms with E-state index in [1.165, 1.54) is 14.2 Å². The molecule has 4 amide bonds. The average molecular weight is 497 g/mol. The molecular weight excluding hydrogens is 472 g/mol. The number of carbonyl (C=O) groups excluding carboxylic acids is 3. The molecular formula is C28H24N4O5. The zero-order valence-electron chi connectivity index (χ0n) is 20.3. The van der Waals surface area contributed by atoms with Gasteiger partial charge in [0.1, 0.15) is 11.5 Å². The number of amides is 4. The van der Waals surface area contributed by atoms with Crippen LogP contribution < -0.4 is 20.5 Å². The summed E-state index contributed by atoms with van der Waals surface area (Å²) in [5.74, 6) is 5.86. The Hall–Kier alpha value is -5.02. The van der Waals surface area contributed by atoms with Gasteiger partial charge in [0.05, 0.1) is 31.4 Å². The minimum absolute atomic E-state index is 0.144. The lowest BCUT2D eigenvalue weighted by molar-refractivity contribution is -0.120. The van der Waals surface area contributed by atoms with E-state index in [1.807, 2.05) is 12.1 Å². The highest BCUT2D eigenvalue weighted by Gasteiger charge is 2.30. The molecule has 186 valence electrons. The van der Waals surface area contributed by atoms with Crippen LogP contribution in [-0.4, -0.2) is 43.5 Å². The number of nitriles is 1. The highest BCUT2D eigenvalue weighted by molar-refractivity contribution is 5.99. The first-order chi connectivity index (χ1) is 17.8. The zero-order valence-corrected chi connectivity index (χ0v) is 20.3. The summed E-state index contributed by atoms with van der Waals surface area (Å²) in [6.07, 6.45) is -0.157. The van der Waals surface area contributed by atoms with E-state index < -0.39 is 17.9 Å². The molecule has 3 aromatic carbocycles. The van der Waals surface area contributed by atoms with Gasteiger partial charge in [-0.1, -0.05) is 30.0 Å². The number of carbonyl (C=O) groups is 3. The van der Waals surface area contributed by atoms with Gasteiger partial charge in [-0.15, -0.1) is 0 Å². The van der Waals surface area contributed by atoms with Crippen molar-refractivity contribution in [2.45, 2.75) is 13.0 Å². The number of fused-ring (bicyclic) bond motifs is 2. The molecule has 1 aliphatic rings. The van der Waals surface area contributed by atoms with Crippen LogP contribution in [-0.2, 0) is 11.3 Å². The Morgan fingerprint density at radius 2 is 1.95 bits per heavy atom. The van der Waals surface area contributed by atoms with E-state index in [2.05, 4.69) is 23.2 Å². The third-order valence-corrected chi connectivity index (χ3v) is 6.10. The maximum atomic E-state index is 13.1. The van der Waals surface area contributed by atoms with Crippen LogP contribution in [0.25, 0.3) is 10.8 Å². The van der Waals surface area contributed by atoms with Gasteiger partial charge in [-0.05, 0) is 35.9 Å². The fourth-order valence-electron chi connectivity index (χ4n) is 4.36. The Kier molecular flexibility index (Phi) is 7.26. The fourth-order valence-corrected chi connectivity index (χ4v) is 4.36. The van der Waals surface area contributed by atoms with Gasteiger partial charge in [0.2, 0.25) is 5.91 Å². The molecule has 9 nitrogen and oxygen atoms in total. The Bertz CT molecular complexity index is 1510. The number of imide groups is 1. The van der Waals surface area contributed by atoms with Gasteiger partial charge in [0.25, 0.3) is 5.91 Å². The summed E-state index contributed by atoms with van der Waals surface area (Å²) in [4.78, 5) is 38.3. The number of urea groups is 1. The first-order valence-corrected chi connectivity index (χ1v) is 11.4. The van der Waals surface area contributed by atoms with Crippen LogP contribution in [0.1, 0.15) is 33.5 Å². The molecule has 3 aromatic rings. The van der Waals surface area contributed by atoms with Crippen molar-refractivity contribution in [2.75, 3.05) is 20.8 Å². The third kappa shape index (κ3) is 5.31. The number of ether oxygens (including phenoxy) is 2. The summed E-state index contributed by atoms with van der Waals surface area (Å²) in [6, 6.07) is 15.4. The van der Waals surface area contributed by atoms with Crippen molar-refractivity contribution in [3.63, 3.8) is 0 Å². The molecule has 37 heavy (non-hydrogen) atoms. The minimum Gasteiger partial charge on any atom is -0.497 e. The molecule has 0 saturated heterocycles. The molecule has 0 saturated carbocycles. The lowest BCUT2D eigenvalue weighted by Crippen LogP contribution is -2.38. The van der Waals surface area contributed by atoms with E-state index in [0.717, 1.165) is 16.3 Å². The summed E-state index contributed by atoms with van der Waals surface area (Å²) in [5, 5.41) is 13.0. The van der Waals surface area contributed by atoms with E-state index in [0.29, 0.717) is 34.7 Å². The van der Waals surface area contributed by atoms with E-state index in [-0.39, 0.29) is 18.9 Å². The number of nitrogens with two attached hydrogens (primary N) is 1. The molecule has 9 heteroatoms. The topological polar surface area (TPSA) is 135 Å². The van der Waals surface area contributed by atoms with E-state index in [1.54, 1.807) is 41.3 Å². The molecule has 4 rings (SSSR count). The second-order valence-corrected chi connectivity index (χ2v) is 8.45. The first-order valence-electron chi connectivity index (χ1n) is 11.4. The van der Waals surface area contributed by atoms with Gasteiger partial charge in [0.15, 0.2) is 0 Å². The number of rotatable bonds is 6. The van der Waals surface area contributed by atoms with Crippen LogP contribution in [0.4, 0.5) is 4.79 Å². The number of primary amides is 1. The molecule has 0 radical (unpaired) electrons. The minimum atomic E-state index is -0.965. The van der Waals surface area contributed by atoms with Gasteiger partial charge in [-0.25, -0.2) is 4.79 Å². The van der Waals surface area contributed by atoms with Gasteiger partial charge >= 0.3 is 6.03 Å². The van der Waals surface area contributed by atoms with Crippen molar-refractivity contribution in [1.82, 2.24) is 10.2 Å². The molecule has 1 heterocycles. The quantitative estimate of drug-likeness (QED) is 0.504. The summed E-state index contributed by atoms with van der Waals surface area (Å²) in [6.45, 7) is 0.502. The smallest absolute Gasteiger partial charge is 0.318 e. The summed E-state index contributed by atoms with van der Waals surface area (Å²) in [7, 11) is 3.05. The standard InChI is InChI=1S/C28H24N4O5/c1-36-20-8-7-19-16-32(27(34)24(19)13-20)15-17(12-26(33)31-28(30)35)6-9-23-22-5-3-4-18(14-29)21(22)10-11-25(23)37-2/h3-5,7-8,10-11,13,17H,12,15-16H2,1-2H3,(H3,30,31,33,35)/t17-/m0/s1. The van der Waals surface area contributed by atoms with Crippen LogP contribution >= 0.6 is 0 Å². The van der Waals surface area contributed by atoms with Crippen LogP contribution in [0.5, 0.6) is 11.5 Å². The van der Waals surface area contributed by atoms with Crippen molar-refractivity contribution in [3.05, 3.63) is 70.8 Å². The van der Waals surface area contributed by atoms with E-state index >= 15 is 0 Å². The van der Waals surface area contributed by atoms with Crippen molar-refractivity contribution >= 4 is 28.6 Å². The van der Waals surface area contributed by atoms with E-state index in [4.69, 9.17) is 15.2 Å². The second kappa shape index (κ2) is 10.7. The SMILES string of the molecule is COc1ccc2c(c1)C(=O)N(C[C@@H](C#Cc1c(OC)ccc3c(C#N)cccc13)CC(=O)NC(N)=O)C2. The lowest BCUT2D eigenvalue weighted by Gasteiger charge is -2.20. The van der Waals surface area contributed by atoms with Gasteiger partial charge in [-0.3, -0.25) is 14.9 Å². The third-order valence-electron chi connectivity index (χ3n) is 6.10. The normalized spacial score (nSPS) is 12.7. The lowest BCUT2D eigenvalue weighted by atomic mass is 9.98. The van der Waals surface area contributed by atoms with Gasteiger partial charge < -0.3 is 20.1 Å². The van der Waals surface area contributed by atoms with Crippen LogP contribution in [0.2, 0.25) is 0 Å². The number of nitrogens with zero attached hydrogens (tertiary/aromatic N) is 2. The molecule has 1 aliphatic heterocycles. The van der Waals surface area contributed by atoms with Crippen molar-refractivity contribution in [3.8, 4) is 29.4 Å². The maximum absolute atomic E-state index is 13.1. The fraction of sp³-hybridized carbons (Fsp3) is 0.214. The molecule has 0 bridgehead atoms. The molecule has 0 aromatic heterocycles. The molecule has 1 atom stereocenters. The van der Waals surface area contributed by atoms with E-state index in [9.17, 15) is 19.6 Å². The predicted octanol–water partition coefficient (Wildman–Crippen LogP) is 2.94. The number of methoxy groups -OCH3 is 2. The van der Waals surface area contributed by atoms with Crippen molar-refractivity contribution in [2.24, 2.45) is 11.7 Å². The highest BCUT2D eigenvalue weighted by atomic mass is 16.5. The van der Waals surface area contributed by atoms with Crippen molar-refractivity contribution < 1.29 is 23.9 Å². The van der Waals surface area contributed by atoms with Gasteiger partial charge in [-0.2, -0.15) is 5.26 Å². The van der Waals surface area contributed by atoms with Crippen LogP contribution in [0.3, 0.4) is 0 Å². The number of hydrogen-bond acceptors (Lipinski definition) is 6. The van der Waals surface area contributed by atoms with Crippen LogP contribution in [0, 0.1) is 29.1 Å². The number of benzene rings is 3. The summed E-state index contributed by atoms with van der Waals surface area (Å²) in [5.41, 5.74) is 7.54. The molecule has 0 fully saturated rings. The van der Waals surface area contributed by atoms with Gasteiger partial charge in [0, 0.05) is 41.8 Å².